The van der Waals surface area contributed by atoms with Crippen molar-refractivity contribution in [3.05, 3.63) is 22.9 Å². The van der Waals surface area contributed by atoms with Crippen molar-refractivity contribution in [2.75, 3.05) is 5.32 Å². The fraction of sp³-hybridized carbons (Fsp3) is 0.533. The van der Waals surface area contributed by atoms with Crippen LogP contribution < -0.4 is 5.32 Å². The molecular weight excluding hydrogens is 250 g/mol. The minimum absolute atomic E-state index is 0.0994. The number of nitrogens with one attached hydrogen (secondary N) is 1. The van der Waals surface area contributed by atoms with Crippen LogP contribution in [0.2, 0.25) is 0 Å². The number of aryl methyl sites for hydroxylation is 2. The molecule has 0 saturated carbocycles. The summed E-state index contributed by atoms with van der Waals surface area (Å²) in [5, 5.41) is 17.2. The maximum atomic E-state index is 9.33. The normalized spacial score (nSPS) is 14.9. The van der Waals surface area contributed by atoms with E-state index in [-0.39, 0.29) is 5.54 Å². The molecule has 1 aliphatic carbocycles. The Balaban J connectivity index is 2.19. The van der Waals surface area contributed by atoms with Crippen LogP contribution in [0.15, 0.2) is 6.07 Å². The van der Waals surface area contributed by atoms with Crippen LogP contribution in [0.1, 0.15) is 50.4 Å². The Morgan fingerprint density at radius 2 is 2.05 bits per heavy atom. The molecule has 3 rings (SSSR count). The van der Waals surface area contributed by atoms with Gasteiger partial charge in [-0.3, -0.25) is 0 Å². The summed E-state index contributed by atoms with van der Waals surface area (Å²) < 4.78 is 1.86. The van der Waals surface area contributed by atoms with Crippen LogP contribution in [0.5, 0.6) is 0 Å². The first kappa shape index (κ1) is 12.9. The molecule has 0 unspecified atom stereocenters. The van der Waals surface area contributed by atoms with Crippen molar-refractivity contribution in [2.24, 2.45) is 0 Å². The Morgan fingerprint density at radius 3 is 2.75 bits per heavy atom. The van der Waals surface area contributed by atoms with Gasteiger partial charge in [0, 0.05) is 11.2 Å². The molecule has 0 bridgehead atoms. The quantitative estimate of drug-likeness (QED) is 0.864. The number of pyridine rings is 1. The zero-order valence-corrected chi connectivity index (χ0v) is 12.2. The van der Waals surface area contributed by atoms with E-state index in [1.54, 1.807) is 0 Å². The molecule has 0 amide bonds. The first-order chi connectivity index (χ1) is 9.48. The summed E-state index contributed by atoms with van der Waals surface area (Å²) in [7, 11) is 0. The van der Waals surface area contributed by atoms with E-state index in [0.717, 1.165) is 12.8 Å². The Morgan fingerprint density at radius 1 is 1.30 bits per heavy atom. The van der Waals surface area contributed by atoms with Crippen molar-refractivity contribution in [3.8, 4) is 6.07 Å². The third-order valence-corrected chi connectivity index (χ3v) is 3.51. The minimum atomic E-state index is -0.0994. The van der Waals surface area contributed by atoms with E-state index in [2.05, 4.69) is 42.2 Å². The molecule has 5 heteroatoms. The second-order valence-corrected chi connectivity index (χ2v) is 6.39. The molecule has 2 aromatic heterocycles. The number of fused-ring (bicyclic) bond motifs is 3. The van der Waals surface area contributed by atoms with Gasteiger partial charge in [-0.1, -0.05) is 0 Å². The Bertz CT molecular complexity index is 700. The Hall–Kier alpha value is -2.09. The van der Waals surface area contributed by atoms with Crippen LogP contribution in [-0.2, 0) is 12.8 Å². The lowest BCUT2D eigenvalue weighted by molar-refractivity contribution is 0.621. The zero-order chi connectivity index (χ0) is 14.3. The third-order valence-electron chi connectivity index (χ3n) is 3.51. The standard InChI is InChI=1S/C15H19N5/c1-15(2,3)18-14-17-13-11(9-16)8-10-6-4-5-7-12(10)20(13)19-14/h8H,4-7H2,1-3H3,(H,18,19). The molecule has 1 N–H and O–H groups in total. The second kappa shape index (κ2) is 4.48. The molecule has 5 nitrogen and oxygen atoms in total. The zero-order valence-electron chi connectivity index (χ0n) is 12.2. The second-order valence-electron chi connectivity index (χ2n) is 6.39. The lowest BCUT2D eigenvalue weighted by atomic mass is 9.95. The third kappa shape index (κ3) is 2.22. The Kier molecular flexibility index (Phi) is 2.89. The van der Waals surface area contributed by atoms with Crippen LogP contribution in [0.25, 0.3) is 5.65 Å². The molecule has 0 saturated heterocycles. The van der Waals surface area contributed by atoms with Gasteiger partial charge in [0.05, 0.1) is 5.56 Å². The molecule has 0 spiro atoms. The van der Waals surface area contributed by atoms with Crippen LogP contribution in [0.3, 0.4) is 0 Å². The first-order valence-corrected chi connectivity index (χ1v) is 7.08. The van der Waals surface area contributed by atoms with Gasteiger partial charge in [-0.2, -0.15) is 10.2 Å². The van der Waals surface area contributed by atoms with Crippen molar-refractivity contribution in [2.45, 2.75) is 52.0 Å². The molecular formula is C15H19N5. The summed E-state index contributed by atoms with van der Waals surface area (Å²) in [4.78, 5) is 4.50. The summed E-state index contributed by atoms with van der Waals surface area (Å²) in [6, 6.07) is 4.23. The predicted octanol–water partition coefficient (Wildman–Crippen LogP) is 2.69. The lowest BCUT2D eigenvalue weighted by Gasteiger charge is -2.18. The summed E-state index contributed by atoms with van der Waals surface area (Å²) in [6.45, 7) is 6.21. The fourth-order valence-electron chi connectivity index (χ4n) is 2.69. The van der Waals surface area contributed by atoms with E-state index >= 15 is 0 Å². The lowest BCUT2D eigenvalue weighted by Crippen LogP contribution is -2.26. The van der Waals surface area contributed by atoms with Gasteiger partial charge < -0.3 is 5.32 Å². The molecule has 104 valence electrons. The average Bonchev–Trinajstić information content (AvgIpc) is 2.79. The largest absolute Gasteiger partial charge is 0.348 e. The maximum absolute atomic E-state index is 9.33. The van der Waals surface area contributed by atoms with Crippen molar-refractivity contribution < 1.29 is 0 Å². The topological polar surface area (TPSA) is 66.0 Å². The van der Waals surface area contributed by atoms with Gasteiger partial charge >= 0.3 is 0 Å². The van der Waals surface area contributed by atoms with Crippen molar-refractivity contribution in [1.29, 1.82) is 5.26 Å². The van der Waals surface area contributed by atoms with Crippen LogP contribution in [0, 0.1) is 11.3 Å². The van der Waals surface area contributed by atoms with Gasteiger partial charge in [0.1, 0.15) is 6.07 Å². The minimum Gasteiger partial charge on any atom is -0.348 e. The number of anilines is 1. The summed E-state index contributed by atoms with van der Waals surface area (Å²) in [5.74, 6) is 0.591. The van der Waals surface area contributed by atoms with Crippen LogP contribution in [0.4, 0.5) is 5.95 Å². The summed E-state index contributed by atoms with van der Waals surface area (Å²) in [5.41, 5.74) is 3.63. The highest BCUT2D eigenvalue weighted by Gasteiger charge is 2.20. The van der Waals surface area contributed by atoms with Crippen molar-refractivity contribution in [1.82, 2.24) is 14.6 Å². The molecule has 0 aromatic carbocycles. The van der Waals surface area contributed by atoms with E-state index in [0.29, 0.717) is 17.2 Å². The SMILES string of the molecule is CC(C)(C)Nc1nc2c(C#N)cc3c(n2n1)CCCC3. The summed E-state index contributed by atoms with van der Waals surface area (Å²) in [6.07, 6.45) is 4.40. The monoisotopic (exact) mass is 269 g/mol. The highest BCUT2D eigenvalue weighted by Crippen LogP contribution is 2.25. The van der Waals surface area contributed by atoms with Gasteiger partial charge in [-0.05, 0) is 58.1 Å². The van der Waals surface area contributed by atoms with Crippen LogP contribution in [-0.4, -0.2) is 20.1 Å². The molecule has 20 heavy (non-hydrogen) atoms. The smallest absolute Gasteiger partial charge is 0.243 e. The van der Waals surface area contributed by atoms with Crippen molar-refractivity contribution >= 4 is 11.6 Å². The van der Waals surface area contributed by atoms with E-state index in [4.69, 9.17) is 0 Å². The van der Waals surface area contributed by atoms with E-state index in [1.165, 1.54) is 24.1 Å². The number of nitriles is 1. The molecule has 0 atom stereocenters. The highest BCUT2D eigenvalue weighted by atomic mass is 15.4. The van der Waals surface area contributed by atoms with Crippen LogP contribution >= 0.6 is 0 Å². The van der Waals surface area contributed by atoms with Gasteiger partial charge in [0.2, 0.25) is 5.95 Å². The van der Waals surface area contributed by atoms with Gasteiger partial charge in [0.25, 0.3) is 0 Å². The molecule has 2 aromatic rings. The van der Waals surface area contributed by atoms with Gasteiger partial charge in [0.15, 0.2) is 5.65 Å². The van der Waals surface area contributed by atoms with E-state index in [9.17, 15) is 5.26 Å². The molecule has 0 aliphatic heterocycles. The molecule has 1 aliphatic rings. The predicted molar refractivity (Wildman–Crippen MR) is 77.7 cm³/mol. The van der Waals surface area contributed by atoms with E-state index < -0.39 is 0 Å². The number of hydrogen-bond acceptors (Lipinski definition) is 4. The molecule has 0 fully saturated rings. The van der Waals surface area contributed by atoms with E-state index in [1.807, 2.05) is 10.6 Å². The first-order valence-electron chi connectivity index (χ1n) is 7.08. The maximum Gasteiger partial charge on any atom is 0.243 e. The molecule has 0 radical (unpaired) electrons. The number of nitrogens with zero attached hydrogens (tertiary/aromatic N) is 4. The number of aromatic nitrogens is 3. The van der Waals surface area contributed by atoms with Crippen molar-refractivity contribution in [3.63, 3.8) is 0 Å². The summed E-state index contributed by atoms with van der Waals surface area (Å²) >= 11 is 0. The number of hydrogen-bond donors (Lipinski definition) is 1. The number of rotatable bonds is 1. The highest BCUT2D eigenvalue weighted by molar-refractivity contribution is 5.60. The fourth-order valence-corrected chi connectivity index (χ4v) is 2.69. The Labute approximate surface area is 118 Å². The van der Waals surface area contributed by atoms with Gasteiger partial charge in [-0.15, -0.1) is 5.10 Å². The van der Waals surface area contributed by atoms with Gasteiger partial charge in [-0.25, -0.2) is 4.52 Å². The average molecular weight is 269 g/mol. The molecule has 2 heterocycles.